The number of benzene rings is 1. The van der Waals surface area contributed by atoms with Gasteiger partial charge in [0.2, 0.25) is 11.8 Å². The molecule has 1 aliphatic rings. The molecule has 1 fully saturated rings. The molecule has 10 nitrogen and oxygen atoms in total. The van der Waals surface area contributed by atoms with Crippen LogP contribution in [-0.4, -0.2) is 74.9 Å². The van der Waals surface area contributed by atoms with Crippen LogP contribution in [0.5, 0.6) is 0 Å². The number of amides is 3. The molecule has 0 unspecified atom stereocenters. The fourth-order valence-electron chi connectivity index (χ4n) is 4.38. The van der Waals surface area contributed by atoms with Gasteiger partial charge in [0.15, 0.2) is 0 Å². The summed E-state index contributed by atoms with van der Waals surface area (Å²) in [5.74, 6) is -1.26. The lowest BCUT2D eigenvalue weighted by atomic mass is 10.0. The third-order valence-corrected chi connectivity index (χ3v) is 7.27. The van der Waals surface area contributed by atoms with Crippen LogP contribution in [0.2, 0.25) is 0 Å². The predicted octanol–water partition coefficient (Wildman–Crippen LogP) is 2.78. The van der Waals surface area contributed by atoms with Crippen molar-refractivity contribution in [3.05, 3.63) is 41.0 Å². The maximum absolute atomic E-state index is 13.5. The molecule has 0 aliphatic carbocycles. The molecule has 0 spiro atoms. The lowest BCUT2D eigenvalue weighted by Gasteiger charge is -2.31. The number of alkyl carbamates (subject to hydrolysis) is 1. The first kappa shape index (κ1) is 29.5. The number of aliphatic hydroxyl groups excluding tert-OH is 2. The van der Waals surface area contributed by atoms with E-state index < -0.39 is 47.7 Å². The number of carbonyl (C=O) groups is 3. The Morgan fingerprint density at radius 1 is 1.18 bits per heavy atom. The second-order valence-electron chi connectivity index (χ2n) is 10.9. The molecule has 0 radical (unpaired) electrons. The number of rotatable bonds is 8. The first-order chi connectivity index (χ1) is 17.8. The highest BCUT2D eigenvalue weighted by atomic mass is 32.1. The fraction of sp³-hybridized carbons (Fsp3) is 0.556. The molecule has 3 amide bonds. The maximum atomic E-state index is 13.5. The molecule has 1 saturated heterocycles. The highest BCUT2D eigenvalue weighted by molar-refractivity contribution is 7.13. The van der Waals surface area contributed by atoms with Crippen molar-refractivity contribution in [2.75, 3.05) is 13.2 Å². The Hall–Kier alpha value is -3.02. The quantitative estimate of drug-likeness (QED) is 0.399. The Kier molecular flexibility index (Phi) is 9.50. The summed E-state index contributed by atoms with van der Waals surface area (Å²) in [6.07, 6.45) is -1.57. The number of nitrogens with one attached hydrogen (secondary N) is 2. The van der Waals surface area contributed by atoms with E-state index in [-0.39, 0.29) is 25.5 Å². The second kappa shape index (κ2) is 12.2. The minimum absolute atomic E-state index is 0.0389. The van der Waals surface area contributed by atoms with E-state index in [2.05, 4.69) is 15.6 Å². The van der Waals surface area contributed by atoms with E-state index in [9.17, 15) is 24.6 Å². The van der Waals surface area contributed by atoms with Crippen molar-refractivity contribution in [3.8, 4) is 10.4 Å². The average molecular weight is 547 g/mol. The zero-order valence-electron chi connectivity index (χ0n) is 22.7. The summed E-state index contributed by atoms with van der Waals surface area (Å²) in [6.45, 7) is 10.3. The van der Waals surface area contributed by atoms with Crippen molar-refractivity contribution >= 4 is 29.2 Å². The third kappa shape index (κ3) is 7.30. The molecule has 3 rings (SSSR count). The van der Waals surface area contributed by atoms with E-state index in [0.29, 0.717) is 5.56 Å². The topological polar surface area (TPSA) is 141 Å². The minimum Gasteiger partial charge on any atom is -0.444 e. The molecule has 208 valence electrons. The number of hydrogen-bond acceptors (Lipinski definition) is 8. The number of aryl methyl sites for hydroxylation is 1. The van der Waals surface area contributed by atoms with Gasteiger partial charge in [-0.15, -0.1) is 11.3 Å². The summed E-state index contributed by atoms with van der Waals surface area (Å²) in [6, 6.07) is 4.90. The van der Waals surface area contributed by atoms with Gasteiger partial charge in [-0.1, -0.05) is 38.1 Å². The Labute approximate surface area is 227 Å². The van der Waals surface area contributed by atoms with Crippen LogP contribution in [0.15, 0.2) is 29.8 Å². The molecule has 1 aromatic carbocycles. The Morgan fingerprint density at radius 2 is 1.84 bits per heavy atom. The van der Waals surface area contributed by atoms with Crippen LogP contribution >= 0.6 is 11.3 Å². The van der Waals surface area contributed by atoms with Crippen molar-refractivity contribution < 1.29 is 29.3 Å². The van der Waals surface area contributed by atoms with Gasteiger partial charge in [0.25, 0.3) is 0 Å². The van der Waals surface area contributed by atoms with E-state index in [1.807, 2.05) is 31.2 Å². The zero-order valence-corrected chi connectivity index (χ0v) is 23.5. The maximum Gasteiger partial charge on any atom is 0.408 e. The first-order valence-electron chi connectivity index (χ1n) is 12.7. The molecule has 4 atom stereocenters. The smallest absolute Gasteiger partial charge is 0.408 e. The molecule has 2 heterocycles. The van der Waals surface area contributed by atoms with E-state index in [1.54, 1.807) is 40.1 Å². The third-order valence-electron chi connectivity index (χ3n) is 6.29. The highest BCUT2D eigenvalue weighted by Crippen LogP contribution is 2.29. The monoisotopic (exact) mass is 546 g/mol. The van der Waals surface area contributed by atoms with Gasteiger partial charge >= 0.3 is 6.09 Å². The summed E-state index contributed by atoms with van der Waals surface area (Å²) >= 11 is 1.54. The lowest BCUT2D eigenvalue weighted by Crippen LogP contribution is -2.56. The van der Waals surface area contributed by atoms with Gasteiger partial charge in [-0.2, -0.15) is 0 Å². The van der Waals surface area contributed by atoms with Crippen LogP contribution < -0.4 is 10.6 Å². The van der Waals surface area contributed by atoms with Gasteiger partial charge in [-0.05, 0) is 44.7 Å². The number of β-amino-alcohol motifs (C(OH)–C–C–N with tert-alkyl or cyclic N) is 1. The lowest BCUT2D eigenvalue weighted by molar-refractivity contribution is -0.141. The number of likely N-dealkylation sites (tertiary alicyclic amines) is 1. The molecule has 0 saturated carbocycles. The predicted molar refractivity (Wildman–Crippen MR) is 144 cm³/mol. The van der Waals surface area contributed by atoms with E-state index in [1.165, 1.54) is 16.2 Å². The van der Waals surface area contributed by atoms with Crippen molar-refractivity contribution in [2.24, 2.45) is 5.92 Å². The Balaban J connectivity index is 1.73. The van der Waals surface area contributed by atoms with E-state index >= 15 is 0 Å². The number of aromatic nitrogens is 1. The van der Waals surface area contributed by atoms with Gasteiger partial charge in [0, 0.05) is 13.0 Å². The summed E-state index contributed by atoms with van der Waals surface area (Å²) in [5.41, 5.74) is 3.67. The van der Waals surface area contributed by atoms with Crippen molar-refractivity contribution in [2.45, 2.75) is 77.8 Å². The van der Waals surface area contributed by atoms with Crippen LogP contribution in [0.4, 0.5) is 4.79 Å². The molecule has 1 aliphatic heterocycles. The number of carbonyl (C=O) groups excluding carboxylic acids is 3. The summed E-state index contributed by atoms with van der Waals surface area (Å²) < 4.78 is 5.30. The van der Waals surface area contributed by atoms with Gasteiger partial charge in [0.1, 0.15) is 17.7 Å². The van der Waals surface area contributed by atoms with Gasteiger partial charge < -0.3 is 30.5 Å². The van der Waals surface area contributed by atoms with Crippen LogP contribution in [0.25, 0.3) is 10.4 Å². The number of thiazole rings is 1. The zero-order chi connectivity index (χ0) is 28.2. The molecule has 0 bridgehead atoms. The number of nitrogens with zero attached hydrogens (tertiary/aromatic N) is 2. The van der Waals surface area contributed by atoms with E-state index in [4.69, 9.17) is 4.74 Å². The Bertz CT molecular complexity index is 1130. The SMILES string of the molecule is Cc1ncsc1-c1ccc([C@H](CO)NC(=O)[C@@H]2C[C@@H](O)CN2C(=O)[C@@H](NC(=O)OC(C)(C)C)C(C)C)cc1. The number of aliphatic hydroxyl groups is 2. The standard InChI is InChI=1S/C27H38N4O6S/c1-15(2)22(30-26(36)37-27(4,5)6)25(35)31-12-19(33)11-21(31)24(34)29-20(13-32)17-7-9-18(10-8-17)23-16(3)28-14-38-23/h7-10,14-15,19-22,32-33H,11-13H2,1-6H3,(H,29,34)(H,30,36)/t19-,20+,21+,22+/m1/s1. The highest BCUT2D eigenvalue weighted by Gasteiger charge is 2.43. The molecule has 4 N–H and O–H groups in total. The summed E-state index contributed by atoms with van der Waals surface area (Å²) in [7, 11) is 0. The first-order valence-corrected chi connectivity index (χ1v) is 13.6. The van der Waals surface area contributed by atoms with Crippen molar-refractivity contribution in [1.82, 2.24) is 20.5 Å². The van der Waals surface area contributed by atoms with Crippen LogP contribution in [0.1, 0.15) is 58.3 Å². The normalized spacial score (nSPS) is 19.2. The summed E-state index contributed by atoms with van der Waals surface area (Å²) in [5, 5.41) is 25.8. The largest absolute Gasteiger partial charge is 0.444 e. The van der Waals surface area contributed by atoms with Gasteiger partial charge in [-0.3, -0.25) is 9.59 Å². The number of hydrogen-bond donors (Lipinski definition) is 4. The molecular weight excluding hydrogens is 508 g/mol. The van der Waals surface area contributed by atoms with Crippen LogP contribution in [0.3, 0.4) is 0 Å². The summed E-state index contributed by atoms with van der Waals surface area (Å²) in [4.78, 5) is 45.8. The minimum atomic E-state index is -0.952. The second-order valence-corrected chi connectivity index (χ2v) is 11.8. The molecule has 1 aromatic heterocycles. The van der Waals surface area contributed by atoms with Crippen LogP contribution in [0, 0.1) is 12.8 Å². The molecule has 11 heteroatoms. The number of ether oxygens (including phenoxy) is 1. The van der Waals surface area contributed by atoms with Crippen LogP contribution in [-0.2, 0) is 14.3 Å². The van der Waals surface area contributed by atoms with Crippen molar-refractivity contribution in [3.63, 3.8) is 0 Å². The van der Waals surface area contributed by atoms with Gasteiger partial charge in [-0.25, -0.2) is 9.78 Å². The molecular formula is C27H38N4O6S. The van der Waals surface area contributed by atoms with Gasteiger partial charge in [0.05, 0.1) is 34.8 Å². The van der Waals surface area contributed by atoms with Crippen molar-refractivity contribution in [1.29, 1.82) is 0 Å². The fourth-order valence-corrected chi connectivity index (χ4v) is 5.19. The average Bonchev–Trinajstić information content (AvgIpc) is 3.44. The Morgan fingerprint density at radius 3 is 2.37 bits per heavy atom. The molecule has 38 heavy (non-hydrogen) atoms. The molecule has 2 aromatic rings. The van der Waals surface area contributed by atoms with E-state index in [0.717, 1.165) is 16.1 Å².